The lowest BCUT2D eigenvalue weighted by Crippen LogP contribution is -2.12. The van der Waals surface area contributed by atoms with Crippen LogP contribution in [-0.4, -0.2) is 13.1 Å². The molecule has 2 aromatic rings. The molecule has 0 amide bonds. The minimum atomic E-state index is -0.697. The van der Waals surface area contributed by atoms with Gasteiger partial charge in [-0.1, -0.05) is 51.1 Å². The number of hydrogen-bond acceptors (Lipinski definition) is 4. The molecule has 0 heterocycles. The van der Waals surface area contributed by atoms with Gasteiger partial charge in [0.05, 0.1) is 7.11 Å². The van der Waals surface area contributed by atoms with Crippen molar-refractivity contribution in [1.29, 1.82) is 5.26 Å². The van der Waals surface area contributed by atoms with Crippen LogP contribution in [0.2, 0.25) is 0 Å². The van der Waals surface area contributed by atoms with E-state index in [1.165, 1.54) is 13.2 Å². The Labute approximate surface area is 148 Å². The van der Waals surface area contributed by atoms with E-state index in [-0.39, 0.29) is 11.0 Å². The lowest BCUT2D eigenvalue weighted by Gasteiger charge is -2.18. The molecule has 0 fully saturated rings. The number of benzene rings is 2. The van der Waals surface area contributed by atoms with E-state index in [1.807, 2.05) is 24.3 Å². The first kappa shape index (κ1) is 18.3. The van der Waals surface area contributed by atoms with Crippen LogP contribution in [0.5, 0.6) is 11.5 Å². The average molecular weight is 335 g/mol. The summed E-state index contributed by atoms with van der Waals surface area (Å²) in [6, 6.07) is 16.3. The first-order valence-electron chi connectivity index (χ1n) is 7.92. The summed E-state index contributed by atoms with van der Waals surface area (Å²) in [6.07, 6.45) is 1.46. The maximum Gasteiger partial charge on any atom is 0.354 e. The minimum Gasteiger partial charge on any atom is -0.496 e. The standard InChI is InChI=1S/C21H21NO3/c1-21(2,3)17-9-11-18(12-10-17)25-20(23)16(14-22)13-15-7-5-6-8-19(15)24-4/h5-13H,1-4H3/b16-13+. The molecule has 0 aliphatic carbocycles. The quantitative estimate of drug-likeness (QED) is 0.357. The molecule has 2 rings (SSSR count). The van der Waals surface area contributed by atoms with E-state index in [0.717, 1.165) is 5.56 Å². The monoisotopic (exact) mass is 335 g/mol. The van der Waals surface area contributed by atoms with Gasteiger partial charge in [0, 0.05) is 5.56 Å². The van der Waals surface area contributed by atoms with Gasteiger partial charge >= 0.3 is 5.97 Å². The fourth-order valence-corrected chi connectivity index (χ4v) is 2.26. The van der Waals surface area contributed by atoms with E-state index < -0.39 is 5.97 Å². The number of carbonyl (C=O) groups is 1. The van der Waals surface area contributed by atoms with E-state index >= 15 is 0 Å². The van der Waals surface area contributed by atoms with Crippen molar-refractivity contribution < 1.29 is 14.3 Å². The molecular weight excluding hydrogens is 314 g/mol. The molecule has 0 saturated heterocycles. The molecule has 0 spiro atoms. The van der Waals surface area contributed by atoms with E-state index in [2.05, 4.69) is 20.8 Å². The van der Waals surface area contributed by atoms with Crippen LogP contribution in [0.25, 0.3) is 6.08 Å². The Morgan fingerprint density at radius 3 is 2.28 bits per heavy atom. The van der Waals surface area contributed by atoms with Crippen molar-refractivity contribution in [3.8, 4) is 17.6 Å². The third kappa shape index (κ3) is 4.71. The van der Waals surface area contributed by atoms with Crippen LogP contribution >= 0.6 is 0 Å². The normalized spacial score (nSPS) is 11.6. The summed E-state index contributed by atoms with van der Waals surface area (Å²) in [5, 5.41) is 9.29. The second kappa shape index (κ2) is 7.67. The highest BCUT2D eigenvalue weighted by Crippen LogP contribution is 2.25. The van der Waals surface area contributed by atoms with Gasteiger partial charge < -0.3 is 9.47 Å². The molecule has 0 saturated carbocycles. The Hall–Kier alpha value is -3.06. The van der Waals surface area contributed by atoms with Gasteiger partial charge in [0.25, 0.3) is 0 Å². The highest BCUT2D eigenvalue weighted by Gasteiger charge is 2.16. The molecule has 2 aromatic carbocycles. The molecule has 0 unspecified atom stereocenters. The molecule has 0 atom stereocenters. The lowest BCUT2D eigenvalue weighted by atomic mass is 9.87. The van der Waals surface area contributed by atoms with Crippen molar-refractivity contribution in [3.05, 3.63) is 65.2 Å². The average Bonchev–Trinajstić information content (AvgIpc) is 2.59. The number of para-hydroxylation sites is 1. The molecule has 0 bridgehead atoms. The fraction of sp³-hybridized carbons (Fsp3) is 0.238. The Balaban J connectivity index is 2.21. The molecule has 0 aliphatic heterocycles. The summed E-state index contributed by atoms with van der Waals surface area (Å²) in [5.74, 6) is 0.286. The minimum absolute atomic E-state index is 0.0180. The zero-order valence-electron chi connectivity index (χ0n) is 14.9. The topological polar surface area (TPSA) is 59.3 Å². The summed E-state index contributed by atoms with van der Waals surface area (Å²) in [4.78, 5) is 12.3. The molecule has 128 valence electrons. The third-order valence-corrected chi connectivity index (χ3v) is 3.71. The van der Waals surface area contributed by atoms with Crippen LogP contribution in [-0.2, 0) is 10.2 Å². The predicted octanol–water partition coefficient (Wildman–Crippen LogP) is 4.51. The van der Waals surface area contributed by atoms with Gasteiger partial charge in [-0.05, 0) is 35.3 Å². The van der Waals surface area contributed by atoms with E-state index in [1.54, 1.807) is 30.3 Å². The first-order valence-corrected chi connectivity index (χ1v) is 7.92. The summed E-state index contributed by atoms with van der Waals surface area (Å²) in [5.41, 5.74) is 1.70. The largest absolute Gasteiger partial charge is 0.496 e. The summed E-state index contributed by atoms with van der Waals surface area (Å²) < 4.78 is 10.5. The van der Waals surface area contributed by atoms with Crippen molar-refractivity contribution in [2.75, 3.05) is 7.11 Å². The van der Waals surface area contributed by atoms with Crippen molar-refractivity contribution in [2.45, 2.75) is 26.2 Å². The molecular formula is C21H21NO3. The molecule has 0 aliphatic rings. The Morgan fingerprint density at radius 2 is 1.72 bits per heavy atom. The number of ether oxygens (including phenoxy) is 2. The van der Waals surface area contributed by atoms with Crippen molar-refractivity contribution in [1.82, 2.24) is 0 Å². The molecule has 0 radical (unpaired) electrons. The Kier molecular flexibility index (Phi) is 5.61. The van der Waals surface area contributed by atoms with E-state index in [4.69, 9.17) is 9.47 Å². The summed E-state index contributed by atoms with van der Waals surface area (Å²) in [6.45, 7) is 6.33. The number of hydrogen-bond donors (Lipinski definition) is 0. The Bertz CT molecular complexity index is 821. The van der Waals surface area contributed by atoms with Crippen LogP contribution in [0.15, 0.2) is 54.1 Å². The fourth-order valence-electron chi connectivity index (χ4n) is 2.26. The second-order valence-corrected chi connectivity index (χ2v) is 6.58. The van der Waals surface area contributed by atoms with Crippen LogP contribution in [0, 0.1) is 11.3 Å². The predicted molar refractivity (Wildman–Crippen MR) is 97.4 cm³/mol. The maximum absolute atomic E-state index is 12.3. The molecule has 0 N–H and O–H groups in total. The number of nitrogens with zero attached hydrogens (tertiary/aromatic N) is 1. The number of rotatable bonds is 4. The number of esters is 1. The van der Waals surface area contributed by atoms with Gasteiger partial charge in [0.2, 0.25) is 0 Å². The maximum atomic E-state index is 12.3. The molecule has 4 heteroatoms. The summed E-state index contributed by atoms with van der Waals surface area (Å²) in [7, 11) is 1.54. The Morgan fingerprint density at radius 1 is 1.08 bits per heavy atom. The van der Waals surface area contributed by atoms with Crippen LogP contribution in [0.3, 0.4) is 0 Å². The number of carbonyl (C=O) groups excluding carboxylic acids is 1. The van der Waals surface area contributed by atoms with Gasteiger partial charge in [-0.25, -0.2) is 4.79 Å². The van der Waals surface area contributed by atoms with E-state index in [9.17, 15) is 10.1 Å². The first-order chi connectivity index (χ1) is 11.8. The van der Waals surface area contributed by atoms with Crippen LogP contribution in [0.1, 0.15) is 31.9 Å². The molecule has 4 nitrogen and oxygen atoms in total. The third-order valence-electron chi connectivity index (χ3n) is 3.71. The van der Waals surface area contributed by atoms with Crippen molar-refractivity contribution >= 4 is 12.0 Å². The smallest absolute Gasteiger partial charge is 0.354 e. The highest BCUT2D eigenvalue weighted by atomic mass is 16.5. The SMILES string of the molecule is COc1ccccc1/C=C(\C#N)C(=O)Oc1ccc(C(C)(C)C)cc1. The van der Waals surface area contributed by atoms with E-state index in [0.29, 0.717) is 17.1 Å². The van der Waals surface area contributed by atoms with Gasteiger partial charge in [-0.2, -0.15) is 5.26 Å². The zero-order chi connectivity index (χ0) is 18.4. The lowest BCUT2D eigenvalue weighted by molar-refractivity contribution is -0.129. The zero-order valence-corrected chi connectivity index (χ0v) is 14.9. The van der Waals surface area contributed by atoms with Gasteiger partial charge in [0.1, 0.15) is 23.1 Å². The number of nitriles is 1. The van der Waals surface area contributed by atoms with Gasteiger partial charge in [-0.15, -0.1) is 0 Å². The number of methoxy groups -OCH3 is 1. The van der Waals surface area contributed by atoms with Crippen molar-refractivity contribution in [3.63, 3.8) is 0 Å². The highest BCUT2D eigenvalue weighted by molar-refractivity contribution is 5.99. The second-order valence-electron chi connectivity index (χ2n) is 6.58. The van der Waals surface area contributed by atoms with Crippen LogP contribution in [0.4, 0.5) is 0 Å². The molecule has 25 heavy (non-hydrogen) atoms. The summed E-state index contributed by atoms with van der Waals surface area (Å²) >= 11 is 0. The van der Waals surface area contributed by atoms with Gasteiger partial charge in [-0.3, -0.25) is 0 Å². The van der Waals surface area contributed by atoms with Crippen molar-refractivity contribution in [2.24, 2.45) is 0 Å². The van der Waals surface area contributed by atoms with Crippen LogP contribution < -0.4 is 9.47 Å². The molecule has 0 aromatic heterocycles. The van der Waals surface area contributed by atoms with Gasteiger partial charge in [0.15, 0.2) is 0 Å².